The standard InChI is InChI=1S/C13H18N4O/c14-12(16-18)11-2-1-7-15-13(11)17(10-5-6-10)8-9-3-4-9/h1-2,7,9-10,18H,3-6,8H2,(H2,14,16). The van der Waals surface area contributed by atoms with Crippen LogP contribution in [0.15, 0.2) is 23.5 Å². The summed E-state index contributed by atoms with van der Waals surface area (Å²) < 4.78 is 0. The van der Waals surface area contributed by atoms with Crippen LogP contribution in [-0.4, -0.2) is 28.6 Å². The fourth-order valence-corrected chi connectivity index (χ4v) is 2.25. The van der Waals surface area contributed by atoms with Crippen molar-refractivity contribution in [2.24, 2.45) is 16.8 Å². The molecule has 0 unspecified atom stereocenters. The van der Waals surface area contributed by atoms with Gasteiger partial charge in [-0.3, -0.25) is 0 Å². The molecule has 1 aromatic heterocycles. The van der Waals surface area contributed by atoms with E-state index < -0.39 is 0 Å². The van der Waals surface area contributed by atoms with Crippen molar-refractivity contribution in [3.8, 4) is 0 Å². The van der Waals surface area contributed by atoms with Crippen LogP contribution in [-0.2, 0) is 0 Å². The van der Waals surface area contributed by atoms with Crippen LogP contribution in [0.3, 0.4) is 0 Å². The Morgan fingerprint density at radius 1 is 1.44 bits per heavy atom. The van der Waals surface area contributed by atoms with E-state index in [2.05, 4.69) is 15.0 Å². The SMILES string of the molecule is NC(=NO)c1cccnc1N(CC1CC1)C1CC1. The number of oxime groups is 1. The summed E-state index contributed by atoms with van der Waals surface area (Å²) >= 11 is 0. The minimum atomic E-state index is 0.138. The van der Waals surface area contributed by atoms with Crippen LogP contribution >= 0.6 is 0 Å². The van der Waals surface area contributed by atoms with Gasteiger partial charge in [0.05, 0.1) is 5.56 Å². The van der Waals surface area contributed by atoms with Crippen molar-refractivity contribution in [3.05, 3.63) is 23.9 Å². The van der Waals surface area contributed by atoms with Gasteiger partial charge in [0.2, 0.25) is 0 Å². The fraction of sp³-hybridized carbons (Fsp3) is 0.538. The largest absolute Gasteiger partial charge is 0.409 e. The molecule has 5 heteroatoms. The Hall–Kier alpha value is -1.78. The molecule has 3 rings (SSSR count). The van der Waals surface area contributed by atoms with Crippen molar-refractivity contribution in [2.75, 3.05) is 11.4 Å². The highest BCUT2D eigenvalue weighted by Crippen LogP contribution is 2.37. The molecule has 2 saturated carbocycles. The first-order chi connectivity index (χ1) is 8.79. The van der Waals surface area contributed by atoms with Crippen LogP contribution in [0.2, 0.25) is 0 Å². The lowest BCUT2D eigenvalue weighted by Gasteiger charge is -2.25. The van der Waals surface area contributed by atoms with Crippen LogP contribution in [0.4, 0.5) is 5.82 Å². The van der Waals surface area contributed by atoms with Crippen molar-refractivity contribution in [3.63, 3.8) is 0 Å². The summed E-state index contributed by atoms with van der Waals surface area (Å²) in [5.74, 6) is 1.80. The molecule has 96 valence electrons. The first kappa shape index (κ1) is 11.3. The Bertz CT molecular complexity index is 466. The van der Waals surface area contributed by atoms with E-state index in [9.17, 15) is 0 Å². The Kier molecular flexibility index (Phi) is 2.81. The number of amidine groups is 1. The third-order valence-electron chi connectivity index (χ3n) is 3.58. The van der Waals surface area contributed by atoms with Gasteiger partial charge in [-0.15, -0.1) is 0 Å². The second-order valence-electron chi connectivity index (χ2n) is 5.19. The molecule has 1 aromatic rings. The molecule has 0 aromatic carbocycles. The molecular formula is C13H18N4O. The third kappa shape index (κ3) is 2.25. The minimum Gasteiger partial charge on any atom is -0.409 e. The van der Waals surface area contributed by atoms with Gasteiger partial charge in [-0.05, 0) is 43.7 Å². The second-order valence-corrected chi connectivity index (χ2v) is 5.19. The van der Waals surface area contributed by atoms with E-state index >= 15 is 0 Å². The average Bonchev–Trinajstić information content (AvgIpc) is 3.28. The number of hydrogen-bond acceptors (Lipinski definition) is 4. The van der Waals surface area contributed by atoms with Crippen LogP contribution in [0.25, 0.3) is 0 Å². The van der Waals surface area contributed by atoms with Gasteiger partial charge in [-0.2, -0.15) is 0 Å². The number of aromatic nitrogens is 1. The molecule has 2 fully saturated rings. The zero-order chi connectivity index (χ0) is 12.5. The molecule has 5 nitrogen and oxygen atoms in total. The average molecular weight is 246 g/mol. The van der Waals surface area contributed by atoms with Gasteiger partial charge < -0.3 is 15.8 Å². The van der Waals surface area contributed by atoms with E-state index in [1.807, 2.05) is 12.1 Å². The monoisotopic (exact) mass is 246 g/mol. The summed E-state index contributed by atoms with van der Waals surface area (Å²) in [5.41, 5.74) is 6.46. The van der Waals surface area contributed by atoms with Gasteiger partial charge in [0.25, 0.3) is 0 Å². The Morgan fingerprint density at radius 2 is 2.22 bits per heavy atom. The lowest BCUT2D eigenvalue weighted by molar-refractivity contribution is 0.318. The normalized spacial score (nSPS) is 19.9. The van der Waals surface area contributed by atoms with Crippen molar-refractivity contribution in [1.29, 1.82) is 0 Å². The van der Waals surface area contributed by atoms with E-state index in [1.165, 1.54) is 25.7 Å². The quantitative estimate of drug-likeness (QED) is 0.358. The van der Waals surface area contributed by atoms with Crippen LogP contribution in [0.1, 0.15) is 31.2 Å². The Labute approximate surface area is 106 Å². The molecule has 2 aliphatic carbocycles. The van der Waals surface area contributed by atoms with Gasteiger partial charge in [0.1, 0.15) is 5.82 Å². The summed E-state index contributed by atoms with van der Waals surface area (Å²) in [6.45, 7) is 1.05. The molecule has 0 amide bonds. The predicted molar refractivity (Wildman–Crippen MR) is 69.8 cm³/mol. The van der Waals surface area contributed by atoms with E-state index in [-0.39, 0.29) is 5.84 Å². The minimum absolute atomic E-state index is 0.138. The van der Waals surface area contributed by atoms with Gasteiger partial charge >= 0.3 is 0 Å². The van der Waals surface area contributed by atoms with Crippen molar-refractivity contribution in [1.82, 2.24) is 4.98 Å². The summed E-state index contributed by atoms with van der Waals surface area (Å²) in [6, 6.07) is 4.27. The lowest BCUT2D eigenvalue weighted by Crippen LogP contribution is -2.31. The third-order valence-corrected chi connectivity index (χ3v) is 3.58. The Balaban J connectivity index is 1.92. The maximum Gasteiger partial charge on any atom is 0.173 e. The van der Waals surface area contributed by atoms with Gasteiger partial charge in [0, 0.05) is 18.8 Å². The summed E-state index contributed by atoms with van der Waals surface area (Å²) in [5, 5.41) is 12.0. The molecule has 0 bridgehead atoms. The maximum absolute atomic E-state index is 8.86. The second kappa shape index (κ2) is 4.48. The number of hydrogen-bond donors (Lipinski definition) is 2. The van der Waals surface area contributed by atoms with Crippen LogP contribution in [0.5, 0.6) is 0 Å². The fourth-order valence-electron chi connectivity index (χ4n) is 2.25. The van der Waals surface area contributed by atoms with Gasteiger partial charge in [-0.1, -0.05) is 5.16 Å². The highest BCUT2D eigenvalue weighted by molar-refractivity contribution is 6.01. The molecular weight excluding hydrogens is 228 g/mol. The van der Waals surface area contributed by atoms with Crippen molar-refractivity contribution in [2.45, 2.75) is 31.7 Å². The zero-order valence-electron chi connectivity index (χ0n) is 10.3. The summed E-state index contributed by atoms with van der Waals surface area (Å²) in [7, 11) is 0. The van der Waals surface area contributed by atoms with E-state index in [1.54, 1.807) is 6.20 Å². The topological polar surface area (TPSA) is 74.7 Å². The van der Waals surface area contributed by atoms with Crippen molar-refractivity contribution < 1.29 is 5.21 Å². The highest BCUT2D eigenvalue weighted by atomic mass is 16.4. The van der Waals surface area contributed by atoms with Gasteiger partial charge in [-0.25, -0.2) is 4.98 Å². The number of nitrogens with zero attached hydrogens (tertiary/aromatic N) is 3. The number of anilines is 1. The molecule has 1 heterocycles. The first-order valence-electron chi connectivity index (χ1n) is 6.49. The van der Waals surface area contributed by atoms with E-state index in [0.717, 1.165) is 23.8 Å². The first-order valence-corrected chi connectivity index (χ1v) is 6.49. The predicted octanol–water partition coefficient (Wildman–Crippen LogP) is 1.55. The molecule has 18 heavy (non-hydrogen) atoms. The molecule has 0 spiro atoms. The lowest BCUT2D eigenvalue weighted by atomic mass is 10.2. The van der Waals surface area contributed by atoms with E-state index in [4.69, 9.17) is 10.9 Å². The highest BCUT2D eigenvalue weighted by Gasteiger charge is 2.35. The number of nitrogens with two attached hydrogens (primary N) is 1. The molecule has 0 aliphatic heterocycles. The zero-order valence-corrected chi connectivity index (χ0v) is 10.3. The maximum atomic E-state index is 8.86. The molecule has 3 N–H and O–H groups in total. The number of pyridine rings is 1. The summed E-state index contributed by atoms with van der Waals surface area (Å²) in [6.07, 6.45) is 6.84. The molecule has 0 atom stereocenters. The summed E-state index contributed by atoms with van der Waals surface area (Å²) in [4.78, 5) is 6.78. The molecule has 0 saturated heterocycles. The Morgan fingerprint density at radius 3 is 2.83 bits per heavy atom. The smallest absolute Gasteiger partial charge is 0.173 e. The number of rotatable bonds is 5. The van der Waals surface area contributed by atoms with Crippen molar-refractivity contribution >= 4 is 11.7 Å². The van der Waals surface area contributed by atoms with Crippen LogP contribution in [0, 0.1) is 5.92 Å². The molecule has 2 aliphatic rings. The van der Waals surface area contributed by atoms with Crippen LogP contribution < -0.4 is 10.6 Å². The van der Waals surface area contributed by atoms with Gasteiger partial charge in [0.15, 0.2) is 5.84 Å². The van der Waals surface area contributed by atoms with E-state index in [0.29, 0.717) is 6.04 Å². The molecule has 0 radical (unpaired) electrons.